The van der Waals surface area contributed by atoms with Crippen LogP contribution in [0.3, 0.4) is 0 Å². The lowest BCUT2D eigenvalue weighted by molar-refractivity contribution is -0.186. The van der Waals surface area contributed by atoms with E-state index >= 15 is 0 Å². The number of rotatable bonds is 4. The second-order valence-electron chi connectivity index (χ2n) is 5.36. The van der Waals surface area contributed by atoms with Gasteiger partial charge in [-0.25, -0.2) is 0 Å². The van der Waals surface area contributed by atoms with Crippen LogP contribution in [0.2, 0.25) is 0 Å². The minimum atomic E-state index is -4.13. The molecule has 116 valence electrons. The van der Waals surface area contributed by atoms with Gasteiger partial charge in [0.1, 0.15) is 0 Å². The van der Waals surface area contributed by atoms with Gasteiger partial charge in [0, 0.05) is 29.5 Å². The first kappa shape index (κ1) is 16.5. The molecule has 6 heteroatoms. The summed E-state index contributed by atoms with van der Waals surface area (Å²) < 4.78 is 39.0. The number of ketones is 1. The zero-order valence-corrected chi connectivity index (χ0v) is 13.1. The van der Waals surface area contributed by atoms with Crippen molar-refractivity contribution < 1.29 is 18.0 Å². The molecule has 0 radical (unpaired) electrons. The first-order chi connectivity index (χ1) is 9.86. The van der Waals surface area contributed by atoms with Gasteiger partial charge < -0.3 is 4.90 Å². The van der Waals surface area contributed by atoms with Crippen molar-refractivity contribution in [1.82, 2.24) is 4.90 Å². The van der Waals surface area contributed by atoms with E-state index in [4.69, 9.17) is 0 Å². The van der Waals surface area contributed by atoms with Crippen LogP contribution in [0, 0.1) is 5.92 Å². The quantitative estimate of drug-likeness (QED) is 0.743. The molecular formula is C15H17BrF3NO. The van der Waals surface area contributed by atoms with Gasteiger partial charge in [0.2, 0.25) is 0 Å². The van der Waals surface area contributed by atoms with Gasteiger partial charge in [0.15, 0.2) is 5.78 Å². The first-order valence-corrected chi connectivity index (χ1v) is 7.73. The summed E-state index contributed by atoms with van der Waals surface area (Å²) in [6.45, 7) is 1.03. The summed E-state index contributed by atoms with van der Waals surface area (Å²) in [5, 5.41) is 0. The molecular weight excluding hydrogens is 347 g/mol. The Bertz CT molecular complexity index is 504. The molecule has 1 saturated heterocycles. The predicted molar refractivity (Wildman–Crippen MR) is 78.3 cm³/mol. The van der Waals surface area contributed by atoms with E-state index in [9.17, 15) is 18.0 Å². The van der Waals surface area contributed by atoms with Crippen LogP contribution < -0.4 is 0 Å². The summed E-state index contributed by atoms with van der Waals surface area (Å²) in [4.78, 5) is 13.8. The fraction of sp³-hybridized carbons (Fsp3) is 0.533. The van der Waals surface area contributed by atoms with Crippen molar-refractivity contribution in [2.24, 2.45) is 5.92 Å². The van der Waals surface area contributed by atoms with Crippen LogP contribution in [0.15, 0.2) is 28.7 Å². The highest BCUT2D eigenvalue weighted by Gasteiger charge is 2.41. The van der Waals surface area contributed by atoms with Gasteiger partial charge in [-0.15, -0.1) is 0 Å². The van der Waals surface area contributed by atoms with Crippen molar-refractivity contribution in [1.29, 1.82) is 0 Å². The van der Waals surface area contributed by atoms with Crippen molar-refractivity contribution in [2.45, 2.75) is 25.4 Å². The molecule has 1 aliphatic heterocycles. The second kappa shape index (κ2) is 6.92. The fourth-order valence-corrected chi connectivity index (χ4v) is 2.99. The number of carbonyl (C=O) groups is 1. The molecule has 1 aromatic carbocycles. The van der Waals surface area contributed by atoms with Crippen LogP contribution in [-0.4, -0.2) is 36.5 Å². The van der Waals surface area contributed by atoms with Crippen LogP contribution in [0.4, 0.5) is 13.2 Å². The molecule has 0 saturated carbocycles. The first-order valence-electron chi connectivity index (χ1n) is 6.94. The monoisotopic (exact) mass is 363 g/mol. The Hall–Kier alpha value is -0.880. The lowest BCUT2D eigenvalue weighted by Crippen LogP contribution is -2.42. The van der Waals surface area contributed by atoms with Crippen LogP contribution >= 0.6 is 15.9 Å². The summed E-state index contributed by atoms with van der Waals surface area (Å²) in [7, 11) is 0. The standard InChI is InChI=1S/C15H17BrF3NO/c16-13-5-1-3-11(9-13)14(21)6-8-20-7-2-4-12(10-20)15(17,18)19/h1,3,5,9,12H,2,4,6-8,10H2. The van der Waals surface area contributed by atoms with Gasteiger partial charge in [0.25, 0.3) is 0 Å². The number of alkyl halides is 3. The maximum absolute atomic E-state index is 12.7. The Morgan fingerprint density at radius 1 is 1.38 bits per heavy atom. The highest BCUT2D eigenvalue weighted by molar-refractivity contribution is 9.10. The Balaban J connectivity index is 1.86. The molecule has 1 aliphatic rings. The van der Waals surface area contributed by atoms with E-state index in [2.05, 4.69) is 15.9 Å². The Morgan fingerprint density at radius 2 is 2.14 bits per heavy atom. The highest BCUT2D eigenvalue weighted by atomic mass is 79.9. The predicted octanol–water partition coefficient (Wildman–Crippen LogP) is 4.30. The Kier molecular flexibility index (Phi) is 5.43. The van der Waals surface area contributed by atoms with E-state index in [1.54, 1.807) is 23.1 Å². The third kappa shape index (κ3) is 4.81. The number of Topliss-reactive ketones (excluding diaryl/α,β-unsaturated/α-hetero) is 1. The number of likely N-dealkylation sites (tertiary alicyclic amines) is 1. The zero-order valence-electron chi connectivity index (χ0n) is 11.5. The maximum Gasteiger partial charge on any atom is 0.393 e. The van der Waals surface area contributed by atoms with Crippen molar-refractivity contribution in [3.8, 4) is 0 Å². The van der Waals surface area contributed by atoms with E-state index in [0.29, 0.717) is 25.1 Å². The number of piperidine rings is 1. The minimum Gasteiger partial charge on any atom is -0.302 e. The van der Waals surface area contributed by atoms with Crippen molar-refractivity contribution in [3.05, 3.63) is 34.3 Å². The van der Waals surface area contributed by atoms with Gasteiger partial charge >= 0.3 is 6.18 Å². The molecule has 1 heterocycles. The van der Waals surface area contributed by atoms with Crippen LogP contribution in [0.5, 0.6) is 0 Å². The molecule has 1 fully saturated rings. The summed E-state index contributed by atoms with van der Waals surface area (Å²) in [5.74, 6) is -1.29. The number of carbonyl (C=O) groups excluding carboxylic acids is 1. The van der Waals surface area contributed by atoms with E-state index in [1.165, 1.54) is 0 Å². The lowest BCUT2D eigenvalue weighted by atomic mass is 9.97. The van der Waals surface area contributed by atoms with Crippen LogP contribution in [0.1, 0.15) is 29.6 Å². The van der Waals surface area contributed by atoms with Gasteiger partial charge in [0.05, 0.1) is 5.92 Å². The molecule has 0 bridgehead atoms. The fourth-order valence-electron chi connectivity index (χ4n) is 2.59. The average molecular weight is 364 g/mol. The molecule has 2 rings (SSSR count). The summed E-state index contributed by atoms with van der Waals surface area (Å²) in [6, 6.07) is 7.06. The van der Waals surface area contributed by atoms with Crippen molar-refractivity contribution in [3.63, 3.8) is 0 Å². The van der Waals surface area contributed by atoms with Crippen molar-refractivity contribution >= 4 is 21.7 Å². The number of hydrogen-bond donors (Lipinski definition) is 0. The molecule has 0 amide bonds. The Labute approximate surface area is 130 Å². The normalized spacial score (nSPS) is 20.5. The third-order valence-electron chi connectivity index (χ3n) is 3.77. The molecule has 0 aliphatic carbocycles. The number of benzene rings is 1. The molecule has 2 nitrogen and oxygen atoms in total. The van der Waals surface area contributed by atoms with Crippen LogP contribution in [0.25, 0.3) is 0 Å². The number of nitrogens with zero attached hydrogens (tertiary/aromatic N) is 1. The van der Waals surface area contributed by atoms with E-state index in [-0.39, 0.29) is 25.2 Å². The second-order valence-corrected chi connectivity index (χ2v) is 6.28. The largest absolute Gasteiger partial charge is 0.393 e. The molecule has 0 aromatic heterocycles. The molecule has 21 heavy (non-hydrogen) atoms. The topological polar surface area (TPSA) is 20.3 Å². The molecule has 0 N–H and O–H groups in total. The van der Waals surface area contributed by atoms with Gasteiger partial charge in [-0.3, -0.25) is 4.79 Å². The van der Waals surface area contributed by atoms with E-state index in [0.717, 1.165) is 4.47 Å². The van der Waals surface area contributed by atoms with Crippen molar-refractivity contribution in [2.75, 3.05) is 19.6 Å². The molecule has 1 atom stereocenters. The lowest BCUT2D eigenvalue weighted by Gasteiger charge is -2.33. The third-order valence-corrected chi connectivity index (χ3v) is 4.26. The molecule has 0 spiro atoms. The Morgan fingerprint density at radius 3 is 2.81 bits per heavy atom. The van der Waals surface area contributed by atoms with Gasteiger partial charge in [-0.2, -0.15) is 13.2 Å². The van der Waals surface area contributed by atoms with Crippen LogP contribution in [-0.2, 0) is 0 Å². The highest BCUT2D eigenvalue weighted by Crippen LogP contribution is 2.33. The summed E-state index contributed by atoms with van der Waals surface area (Å²) >= 11 is 3.30. The average Bonchev–Trinajstić information content (AvgIpc) is 2.44. The van der Waals surface area contributed by atoms with Gasteiger partial charge in [-0.1, -0.05) is 28.1 Å². The van der Waals surface area contributed by atoms with E-state index in [1.807, 2.05) is 6.07 Å². The minimum absolute atomic E-state index is 0.00919. The maximum atomic E-state index is 12.7. The molecule has 1 aromatic rings. The number of hydrogen-bond acceptors (Lipinski definition) is 2. The zero-order chi connectivity index (χ0) is 15.5. The SMILES string of the molecule is O=C(CCN1CCCC(C(F)(F)F)C1)c1cccc(Br)c1. The van der Waals surface area contributed by atoms with Gasteiger partial charge in [-0.05, 0) is 31.5 Å². The molecule has 1 unspecified atom stereocenters. The smallest absolute Gasteiger partial charge is 0.302 e. The summed E-state index contributed by atoms with van der Waals surface area (Å²) in [6.07, 6.45) is -3.15. The van der Waals surface area contributed by atoms with E-state index < -0.39 is 12.1 Å². The number of halogens is 4. The summed E-state index contributed by atoms with van der Waals surface area (Å²) in [5.41, 5.74) is 0.591.